The summed E-state index contributed by atoms with van der Waals surface area (Å²) in [4.78, 5) is 31.0. The van der Waals surface area contributed by atoms with E-state index in [4.69, 9.17) is 0 Å². The second kappa shape index (κ2) is 9.70. The first-order chi connectivity index (χ1) is 16.7. The summed E-state index contributed by atoms with van der Waals surface area (Å²) in [5.74, 6) is -0.0685. The number of aryl methyl sites for hydroxylation is 1. The van der Waals surface area contributed by atoms with Gasteiger partial charge in [0.1, 0.15) is 17.2 Å². The van der Waals surface area contributed by atoms with Gasteiger partial charge in [-0.15, -0.1) is 0 Å². The molecule has 0 unspecified atom stereocenters. The number of amides is 2. The molecule has 35 heavy (non-hydrogen) atoms. The quantitative estimate of drug-likeness (QED) is 0.342. The Kier molecular flexibility index (Phi) is 6.69. The van der Waals surface area contributed by atoms with Crippen molar-refractivity contribution in [2.24, 2.45) is 7.05 Å². The van der Waals surface area contributed by atoms with E-state index < -0.39 is 17.4 Å². The van der Waals surface area contributed by atoms with Gasteiger partial charge in [0.15, 0.2) is 0 Å². The Bertz CT molecular complexity index is 1450. The van der Waals surface area contributed by atoms with E-state index >= 15 is 0 Å². The standard InChI is InChI=1S/C28H29FN4O2/c1-16(2)20-11-7-12-21(17(3)4)24(20)31-28(35)32-25-23(18-9-6-10-19(29)15-18)22-13-8-14-30-26(22)33(5)27(25)34/h6-17H,1-5H3,(H2,31,32,35). The highest BCUT2D eigenvalue weighted by Crippen LogP contribution is 2.35. The Morgan fingerprint density at radius 3 is 2.17 bits per heavy atom. The van der Waals surface area contributed by atoms with Crippen LogP contribution in [-0.4, -0.2) is 15.6 Å². The summed E-state index contributed by atoms with van der Waals surface area (Å²) in [6, 6.07) is 14.9. The van der Waals surface area contributed by atoms with Gasteiger partial charge in [-0.1, -0.05) is 58.0 Å². The molecule has 4 aromatic rings. The third-order valence-electron chi connectivity index (χ3n) is 6.11. The SMILES string of the molecule is CC(C)c1cccc(C(C)C)c1NC(=O)Nc1c(-c2cccc(F)c2)c2cccnc2n(C)c1=O. The van der Waals surface area contributed by atoms with Gasteiger partial charge in [0.2, 0.25) is 0 Å². The van der Waals surface area contributed by atoms with Crippen molar-refractivity contribution in [3.8, 4) is 11.1 Å². The molecule has 4 rings (SSSR count). The number of carbonyl (C=O) groups is 1. The molecule has 2 amide bonds. The van der Waals surface area contributed by atoms with Crippen molar-refractivity contribution in [2.75, 3.05) is 10.6 Å². The van der Waals surface area contributed by atoms with Crippen LogP contribution in [0.4, 0.5) is 20.6 Å². The Balaban J connectivity index is 1.85. The zero-order valence-electron chi connectivity index (χ0n) is 20.5. The number of urea groups is 1. The molecular formula is C28H29FN4O2. The van der Waals surface area contributed by atoms with Crippen LogP contribution in [0.15, 0.2) is 65.6 Å². The zero-order valence-corrected chi connectivity index (χ0v) is 20.5. The maximum absolute atomic E-state index is 14.2. The average molecular weight is 473 g/mol. The van der Waals surface area contributed by atoms with Crippen LogP contribution in [0.2, 0.25) is 0 Å². The summed E-state index contributed by atoms with van der Waals surface area (Å²) in [5, 5.41) is 6.39. The van der Waals surface area contributed by atoms with Crippen LogP contribution in [0, 0.1) is 5.82 Å². The highest BCUT2D eigenvalue weighted by atomic mass is 19.1. The highest BCUT2D eigenvalue weighted by molar-refractivity contribution is 6.07. The van der Waals surface area contributed by atoms with E-state index in [1.807, 2.05) is 18.2 Å². The summed E-state index contributed by atoms with van der Waals surface area (Å²) in [7, 11) is 1.60. The average Bonchev–Trinajstić information content (AvgIpc) is 2.82. The monoisotopic (exact) mass is 472 g/mol. The van der Waals surface area contributed by atoms with Crippen LogP contribution in [0.1, 0.15) is 50.7 Å². The van der Waals surface area contributed by atoms with Crippen LogP contribution in [0.3, 0.4) is 0 Å². The Hall–Kier alpha value is -4.00. The predicted molar refractivity (Wildman–Crippen MR) is 140 cm³/mol. The number of nitrogens with one attached hydrogen (secondary N) is 2. The van der Waals surface area contributed by atoms with Gasteiger partial charge in [0.05, 0.1) is 0 Å². The number of anilines is 2. The van der Waals surface area contributed by atoms with Crippen molar-refractivity contribution in [3.63, 3.8) is 0 Å². The van der Waals surface area contributed by atoms with Crippen molar-refractivity contribution in [2.45, 2.75) is 39.5 Å². The molecule has 0 spiro atoms. The van der Waals surface area contributed by atoms with Crippen molar-refractivity contribution in [1.29, 1.82) is 0 Å². The number of halogens is 1. The first-order valence-corrected chi connectivity index (χ1v) is 11.6. The molecule has 7 heteroatoms. The summed E-state index contributed by atoms with van der Waals surface area (Å²) in [5.41, 5.74) is 3.71. The second-order valence-corrected chi connectivity index (χ2v) is 9.20. The topological polar surface area (TPSA) is 76.0 Å². The second-order valence-electron chi connectivity index (χ2n) is 9.20. The van der Waals surface area contributed by atoms with E-state index in [9.17, 15) is 14.0 Å². The lowest BCUT2D eigenvalue weighted by molar-refractivity contribution is 0.262. The molecule has 0 saturated heterocycles. The fraction of sp³-hybridized carbons (Fsp3) is 0.250. The number of benzene rings is 2. The molecule has 0 aliphatic rings. The molecule has 6 nitrogen and oxygen atoms in total. The lowest BCUT2D eigenvalue weighted by Crippen LogP contribution is -2.29. The summed E-state index contributed by atoms with van der Waals surface area (Å²) in [6.45, 7) is 8.26. The normalized spacial score (nSPS) is 11.3. The minimum atomic E-state index is -0.544. The molecule has 2 N–H and O–H groups in total. The van der Waals surface area contributed by atoms with Crippen LogP contribution in [0.25, 0.3) is 22.2 Å². The van der Waals surface area contributed by atoms with Crippen LogP contribution in [-0.2, 0) is 7.05 Å². The Morgan fingerprint density at radius 2 is 1.54 bits per heavy atom. The number of nitrogens with zero attached hydrogens (tertiary/aromatic N) is 2. The van der Waals surface area contributed by atoms with Gasteiger partial charge in [-0.2, -0.15) is 0 Å². The van der Waals surface area contributed by atoms with Gasteiger partial charge in [-0.25, -0.2) is 14.2 Å². The van der Waals surface area contributed by atoms with Crippen LogP contribution in [0.5, 0.6) is 0 Å². The molecular weight excluding hydrogens is 443 g/mol. The van der Waals surface area contributed by atoms with Crippen LogP contribution >= 0.6 is 0 Å². The summed E-state index contributed by atoms with van der Waals surface area (Å²) in [6.07, 6.45) is 1.59. The number of hydrogen-bond donors (Lipinski definition) is 2. The third-order valence-corrected chi connectivity index (χ3v) is 6.11. The lowest BCUT2D eigenvalue weighted by atomic mass is 9.93. The maximum atomic E-state index is 14.2. The van der Waals surface area contributed by atoms with Gasteiger partial charge in [0.25, 0.3) is 5.56 Å². The maximum Gasteiger partial charge on any atom is 0.323 e. The molecule has 2 heterocycles. The first-order valence-electron chi connectivity index (χ1n) is 11.6. The third kappa shape index (κ3) is 4.67. The molecule has 0 radical (unpaired) electrons. The van der Waals surface area contributed by atoms with E-state index in [1.165, 1.54) is 16.7 Å². The molecule has 180 valence electrons. The Labute approximate surface area is 203 Å². The zero-order chi connectivity index (χ0) is 25.3. The molecule has 0 fully saturated rings. The number of carbonyl (C=O) groups excluding carboxylic acids is 1. The van der Waals surface area contributed by atoms with E-state index in [2.05, 4.69) is 43.3 Å². The highest BCUT2D eigenvalue weighted by Gasteiger charge is 2.21. The molecule has 0 aliphatic heterocycles. The van der Waals surface area contributed by atoms with Gasteiger partial charge in [-0.05, 0) is 52.8 Å². The van der Waals surface area contributed by atoms with Crippen molar-refractivity contribution in [3.05, 3.63) is 88.1 Å². The molecule has 0 bridgehead atoms. The number of aromatic nitrogens is 2. The molecule has 2 aromatic heterocycles. The van der Waals surface area contributed by atoms with Crippen LogP contribution < -0.4 is 16.2 Å². The van der Waals surface area contributed by atoms with E-state index in [0.717, 1.165) is 16.8 Å². The van der Waals surface area contributed by atoms with Crippen molar-refractivity contribution < 1.29 is 9.18 Å². The summed E-state index contributed by atoms with van der Waals surface area (Å²) < 4.78 is 15.5. The number of pyridine rings is 2. The van der Waals surface area contributed by atoms with E-state index in [0.29, 0.717) is 22.2 Å². The molecule has 0 atom stereocenters. The van der Waals surface area contributed by atoms with Gasteiger partial charge in [0, 0.05) is 29.9 Å². The lowest BCUT2D eigenvalue weighted by Gasteiger charge is -2.21. The Morgan fingerprint density at radius 1 is 0.914 bits per heavy atom. The van der Waals surface area contributed by atoms with Gasteiger partial charge in [-0.3, -0.25) is 9.36 Å². The number of para-hydroxylation sites is 1. The van der Waals surface area contributed by atoms with Gasteiger partial charge < -0.3 is 10.6 Å². The van der Waals surface area contributed by atoms with E-state index in [1.54, 1.807) is 37.5 Å². The fourth-order valence-corrected chi connectivity index (χ4v) is 4.38. The largest absolute Gasteiger partial charge is 0.323 e. The van der Waals surface area contributed by atoms with Crippen molar-refractivity contribution in [1.82, 2.24) is 9.55 Å². The number of rotatable bonds is 5. The summed E-state index contributed by atoms with van der Waals surface area (Å²) >= 11 is 0. The molecule has 2 aromatic carbocycles. The number of fused-ring (bicyclic) bond motifs is 1. The predicted octanol–water partition coefficient (Wildman–Crippen LogP) is 6.63. The van der Waals surface area contributed by atoms with Gasteiger partial charge >= 0.3 is 6.03 Å². The molecule has 0 aliphatic carbocycles. The minimum Gasteiger partial charge on any atom is -0.307 e. The van der Waals surface area contributed by atoms with E-state index in [-0.39, 0.29) is 17.5 Å². The van der Waals surface area contributed by atoms with Crippen molar-refractivity contribution >= 4 is 28.4 Å². The molecule has 0 saturated carbocycles. The minimum absolute atomic E-state index is 0.0595. The first kappa shape index (κ1) is 24.1. The fourth-order valence-electron chi connectivity index (χ4n) is 4.38. The number of hydrogen-bond acceptors (Lipinski definition) is 3. The smallest absolute Gasteiger partial charge is 0.307 e.